The van der Waals surface area contributed by atoms with Crippen LogP contribution in [0, 0.1) is 11.8 Å². The Balaban J connectivity index is 2.02. The van der Waals surface area contributed by atoms with Crippen LogP contribution in [-0.4, -0.2) is 58.4 Å². The molecule has 15 heavy (non-hydrogen) atoms. The smallest absolute Gasteiger partial charge is 0.235 e. The van der Waals surface area contributed by atoms with Crippen LogP contribution in [-0.2, 0) is 14.3 Å². The lowest BCUT2D eigenvalue weighted by atomic mass is 9.78. The highest BCUT2D eigenvalue weighted by atomic mass is 16.6. The molecule has 6 heteroatoms. The maximum Gasteiger partial charge on any atom is 0.235 e. The average Bonchev–Trinajstić information content (AvgIpc) is 2.79. The summed E-state index contributed by atoms with van der Waals surface area (Å²) in [6.45, 7) is 0. The molecule has 3 rings (SSSR count). The SMILES string of the molecule is CN1C(=O)C2C3O[C@@H](C2C1=O)[C@@H](O)C3O. The highest BCUT2D eigenvalue weighted by Gasteiger charge is 2.68. The van der Waals surface area contributed by atoms with Crippen LogP contribution >= 0.6 is 0 Å². The van der Waals surface area contributed by atoms with Gasteiger partial charge in [0.15, 0.2) is 0 Å². The largest absolute Gasteiger partial charge is 0.388 e. The molecule has 0 saturated carbocycles. The summed E-state index contributed by atoms with van der Waals surface area (Å²) in [5, 5.41) is 19.1. The van der Waals surface area contributed by atoms with Crippen molar-refractivity contribution in [2.75, 3.05) is 7.05 Å². The molecule has 4 unspecified atom stereocenters. The van der Waals surface area contributed by atoms with E-state index in [-0.39, 0.29) is 11.8 Å². The van der Waals surface area contributed by atoms with E-state index in [2.05, 4.69) is 0 Å². The van der Waals surface area contributed by atoms with E-state index in [0.717, 1.165) is 4.90 Å². The second kappa shape index (κ2) is 2.58. The molecule has 3 fully saturated rings. The van der Waals surface area contributed by atoms with Crippen LogP contribution < -0.4 is 0 Å². The molecule has 0 aliphatic carbocycles. The first-order valence-electron chi connectivity index (χ1n) is 4.87. The second-order valence-corrected chi connectivity index (χ2v) is 4.33. The minimum Gasteiger partial charge on any atom is -0.388 e. The van der Waals surface area contributed by atoms with Crippen molar-refractivity contribution in [3.63, 3.8) is 0 Å². The fraction of sp³-hybridized carbons (Fsp3) is 0.778. The van der Waals surface area contributed by atoms with E-state index in [9.17, 15) is 19.8 Å². The van der Waals surface area contributed by atoms with Crippen LogP contribution in [0.15, 0.2) is 0 Å². The van der Waals surface area contributed by atoms with Gasteiger partial charge in [0.1, 0.15) is 12.2 Å². The Morgan fingerprint density at radius 1 is 1.07 bits per heavy atom. The van der Waals surface area contributed by atoms with E-state index >= 15 is 0 Å². The predicted molar refractivity (Wildman–Crippen MR) is 45.4 cm³/mol. The summed E-state index contributed by atoms with van der Waals surface area (Å²) in [7, 11) is 1.42. The lowest BCUT2D eigenvalue weighted by molar-refractivity contribution is -0.141. The van der Waals surface area contributed by atoms with Gasteiger partial charge in [0.05, 0.1) is 24.0 Å². The molecule has 3 aliphatic rings. The van der Waals surface area contributed by atoms with Crippen molar-refractivity contribution in [3.05, 3.63) is 0 Å². The fourth-order valence-electron chi connectivity index (χ4n) is 2.88. The molecule has 0 radical (unpaired) electrons. The third-order valence-corrected chi connectivity index (χ3v) is 3.66. The van der Waals surface area contributed by atoms with Gasteiger partial charge in [-0.05, 0) is 0 Å². The first kappa shape index (κ1) is 9.26. The molecular formula is C9H11NO5. The van der Waals surface area contributed by atoms with E-state index < -0.39 is 36.3 Å². The molecule has 0 aromatic carbocycles. The van der Waals surface area contributed by atoms with Crippen molar-refractivity contribution < 1.29 is 24.5 Å². The van der Waals surface area contributed by atoms with Crippen LogP contribution in [0.4, 0.5) is 0 Å². The van der Waals surface area contributed by atoms with Crippen LogP contribution in [0.25, 0.3) is 0 Å². The van der Waals surface area contributed by atoms with Crippen LogP contribution in [0.3, 0.4) is 0 Å². The number of hydrogen-bond donors (Lipinski definition) is 2. The summed E-state index contributed by atoms with van der Waals surface area (Å²) in [6.07, 6.45) is -3.56. The number of likely N-dealkylation sites (tertiary alicyclic amines) is 1. The van der Waals surface area contributed by atoms with E-state index in [1.807, 2.05) is 0 Å². The van der Waals surface area contributed by atoms with Crippen LogP contribution in [0.1, 0.15) is 0 Å². The van der Waals surface area contributed by atoms with E-state index in [0.29, 0.717) is 0 Å². The molecule has 3 aliphatic heterocycles. The van der Waals surface area contributed by atoms with E-state index in [4.69, 9.17) is 4.74 Å². The number of aliphatic hydroxyl groups excluding tert-OH is 2. The topological polar surface area (TPSA) is 87.1 Å². The van der Waals surface area contributed by atoms with Gasteiger partial charge in [-0.15, -0.1) is 0 Å². The van der Waals surface area contributed by atoms with Gasteiger partial charge in [0.2, 0.25) is 11.8 Å². The van der Waals surface area contributed by atoms with Crippen molar-refractivity contribution in [1.82, 2.24) is 4.90 Å². The minimum atomic E-state index is -1.06. The van der Waals surface area contributed by atoms with Crippen molar-refractivity contribution >= 4 is 11.8 Å². The number of nitrogens with zero attached hydrogens (tertiary/aromatic N) is 1. The van der Waals surface area contributed by atoms with Crippen molar-refractivity contribution in [3.8, 4) is 0 Å². The molecule has 0 aromatic rings. The Labute approximate surface area is 85.4 Å². The maximum atomic E-state index is 11.7. The summed E-state index contributed by atoms with van der Waals surface area (Å²) in [5.41, 5.74) is 0. The highest BCUT2D eigenvalue weighted by Crippen LogP contribution is 2.48. The van der Waals surface area contributed by atoms with Crippen LogP contribution in [0.5, 0.6) is 0 Å². The normalized spacial score (nSPS) is 52.9. The first-order chi connectivity index (χ1) is 7.04. The lowest BCUT2D eigenvalue weighted by Crippen LogP contribution is -2.47. The van der Waals surface area contributed by atoms with E-state index in [1.165, 1.54) is 7.05 Å². The minimum absolute atomic E-state index is 0.316. The molecule has 82 valence electrons. The Kier molecular flexibility index (Phi) is 1.59. The quantitative estimate of drug-likeness (QED) is 0.443. The number of ether oxygens (including phenoxy) is 1. The third-order valence-electron chi connectivity index (χ3n) is 3.66. The molecule has 3 saturated heterocycles. The molecule has 6 nitrogen and oxygen atoms in total. The molecule has 0 spiro atoms. The first-order valence-corrected chi connectivity index (χ1v) is 4.87. The Morgan fingerprint density at radius 3 is 1.87 bits per heavy atom. The Bertz CT molecular complexity index is 324. The number of rotatable bonds is 0. The van der Waals surface area contributed by atoms with Crippen LogP contribution in [0.2, 0.25) is 0 Å². The standard InChI is InChI=1S/C9H11NO5/c1-10-8(13)2-3(9(10)14)7-5(12)4(11)6(2)15-7/h2-7,11-12H,1H3/t2?,3?,4-,5?,6-,7?/m0/s1. The zero-order chi connectivity index (χ0) is 10.9. The molecule has 2 N–H and O–H groups in total. The van der Waals surface area contributed by atoms with Gasteiger partial charge in [-0.3, -0.25) is 14.5 Å². The Hall–Kier alpha value is -0.980. The van der Waals surface area contributed by atoms with Gasteiger partial charge in [-0.25, -0.2) is 0 Å². The monoisotopic (exact) mass is 213 g/mol. The Morgan fingerprint density at radius 2 is 1.47 bits per heavy atom. The summed E-state index contributed by atoms with van der Waals surface area (Å²) in [6, 6.07) is 0. The van der Waals surface area contributed by atoms with Crippen molar-refractivity contribution in [2.24, 2.45) is 11.8 Å². The number of amides is 2. The summed E-state index contributed by atoms with van der Waals surface area (Å²) in [5.74, 6) is -1.84. The maximum absolute atomic E-state index is 11.7. The molecule has 3 heterocycles. The van der Waals surface area contributed by atoms with Gasteiger partial charge in [-0.1, -0.05) is 0 Å². The molecule has 6 atom stereocenters. The van der Waals surface area contributed by atoms with Gasteiger partial charge >= 0.3 is 0 Å². The predicted octanol–water partition coefficient (Wildman–Crippen LogP) is -2.28. The lowest BCUT2D eigenvalue weighted by Gasteiger charge is -2.25. The van der Waals surface area contributed by atoms with Gasteiger partial charge in [0.25, 0.3) is 0 Å². The number of aliphatic hydroxyl groups is 2. The van der Waals surface area contributed by atoms with Crippen molar-refractivity contribution in [1.29, 1.82) is 0 Å². The third kappa shape index (κ3) is 0.854. The van der Waals surface area contributed by atoms with E-state index in [1.54, 1.807) is 0 Å². The summed E-state index contributed by atoms with van der Waals surface area (Å²) < 4.78 is 5.28. The summed E-state index contributed by atoms with van der Waals surface area (Å²) >= 11 is 0. The zero-order valence-corrected chi connectivity index (χ0v) is 8.03. The molecule has 2 amide bonds. The number of fused-ring (bicyclic) bond motifs is 5. The fourth-order valence-corrected chi connectivity index (χ4v) is 2.88. The molecule has 2 bridgehead atoms. The zero-order valence-electron chi connectivity index (χ0n) is 8.03. The summed E-state index contributed by atoms with van der Waals surface area (Å²) in [4.78, 5) is 24.4. The highest BCUT2D eigenvalue weighted by molar-refractivity contribution is 6.06. The second-order valence-electron chi connectivity index (χ2n) is 4.33. The average molecular weight is 213 g/mol. The van der Waals surface area contributed by atoms with Crippen molar-refractivity contribution in [2.45, 2.75) is 24.4 Å². The number of carbonyl (C=O) groups excluding carboxylic acids is 2. The number of hydrogen-bond acceptors (Lipinski definition) is 5. The molecular weight excluding hydrogens is 202 g/mol. The van der Waals surface area contributed by atoms with Gasteiger partial charge < -0.3 is 14.9 Å². The number of carbonyl (C=O) groups is 2. The van der Waals surface area contributed by atoms with Gasteiger partial charge in [-0.2, -0.15) is 0 Å². The number of imide groups is 1. The van der Waals surface area contributed by atoms with Gasteiger partial charge in [0, 0.05) is 7.05 Å². The molecule has 0 aromatic heterocycles.